The molecule has 2 N–H and O–H groups in total. The van der Waals surface area contributed by atoms with Crippen molar-refractivity contribution in [2.45, 2.75) is 38.0 Å². The van der Waals surface area contributed by atoms with Gasteiger partial charge in [-0.15, -0.1) is 0 Å². The number of nitro groups is 1. The number of imidazole rings is 1. The lowest BCUT2D eigenvalue weighted by atomic mass is 9.89. The number of nitrogens with two attached hydrogens (primary N) is 1. The van der Waals surface area contributed by atoms with Gasteiger partial charge in [-0.1, -0.05) is 37.3 Å². The first-order valence-electron chi connectivity index (χ1n) is 8.35. The number of nitrogens with zero attached hydrogens (tertiary/aromatic N) is 4. The molecule has 0 aliphatic carbocycles. The maximum Gasteiger partial charge on any atom is 0.342 e. The molecule has 9 heteroatoms. The third kappa shape index (κ3) is 2.85. The molecular weight excluding hydrogens is 338 g/mol. The lowest BCUT2D eigenvalue weighted by Gasteiger charge is -2.30. The summed E-state index contributed by atoms with van der Waals surface area (Å²) in [7, 11) is 1.51. The second-order valence-corrected chi connectivity index (χ2v) is 6.34. The van der Waals surface area contributed by atoms with Crippen LogP contribution in [0.2, 0.25) is 0 Å². The van der Waals surface area contributed by atoms with Gasteiger partial charge in [-0.2, -0.15) is 5.06 Å². The van der Waals surface area contributed by atoms with E-state index < -0.39 is 16.4 Å². The van der Waals surface area contributed by atoms with Crippen LogP contribution in [-0.2, 0) is 28.8 Å². The number of primary amides is 1. The van der Waals surface area contributed by atoms with Crippen molar-refractivity contribution in [1.29, 1.82) is 0 Å². The number of benzene rings is 1. The second-order valence-electron chi connectivity index (χ2n) is 6.34. The number of hydroxylamine groups is 2. The Kier molecular flexibility index (Phi) is 4.75. The Hall–Kier alpha value is -2.78. The number of hydrogen-bond donors (Lipinski definition) is 1. The summed E-state index contributed by atoms with van der Waals surface area (Å²) in [5.74, 6) is -0.642. The molecule has 138 valence electrons. The molecule has 2 atom stereocenters. The van der Waals surface area contributed by atoms with E-state index >= 15 is 0 Å². The highest BCUT2D eigenvalue weighted by Crippen LogP contribution is 2.42. The molecule has 1 aliphatic heterocycles. The number of aromatic nitrogens is 2. The molecule has 1 aromatic heterocycles. The van der Waals surface area contributed by atoms with E-state index in [1.807, 2.05) is 37.3 Å². The molecule has 1 aromatic carbocycles. The number of amides is 1. The van der Waals surface area contributed by atoms with Crippen molar-refractivity contribution >= 4 is 11.7 Å². The Morgan fingerprint density at radius 1 is 1.46 bits per heavy atom. The highest BCUT2D eigenvalue weighted by atomic mass is 16.7. The zero-order valence-electron chi connectivity index (χ0n) is 14.7. The standard InChI is InChI=1S/C17H21N5O4/c1-3-13-9-17(15(18)23,16-19-10-14(20(16)2)22(24)25)21(26-13)11-12-7-5-4-6-8-12/h4-8,10,13H,3,9,11H2,1-2H3,(H2,18,23). The van der Waals surface area contributed by atoms with Crippen molar-refractivity contribution in [3.05, 3.63) is 58.0 Å². The van der Waals surface area contributed by atoms with Crippen molar-refractivity contribution in [1.82, 2.24) is 14.6 Å². The van der Waals surface area contributed by atoms with Crippen LogP contribution in [0.1, 0.15) is 31.2 Å². The zero-order valence-corrected chi connectivity index (χ0v) is 14.7. The molecule has 1 aliphatic rings. The molecule has 0 radical (unpaired) electrons. The van der Waals surface area contributed by atoms with Crippen LogP contribution in [0.15, 0.2) is 36.5 Å². The summed E-state index contributed by atoms with van der Waals surface area (Å²) in [6.07, 6.45) is 1.86. The Bertz CT molecular complexity index is 822. The Morgan fingerprint density at radius 2 is 2.15 bits per heavy atom. The predicted molar refractivity (Wildman–Crippen MR) is 92.5 cm³/mol. The molecule has 26 heavy (non-hydrogen) atoms. The van der Waals surface area contributed by atoms with Gasteiger partial charge < -0.3 is 15.8 Å². The molecule has 9 nitrogen and oxygen atoms in total. The lowest BCUT2D eigenvalue weighted by Crippen LogP contribution is -2.52. The number of carbonyl (C=O) groups is 1. The van der Waals surface area contributed by atoms with E-state index in [0.29, 0.717) is 13.0 Å². The van der Waals surface area contributed by atoms with Crippen LogP contribution in [-0.4, -0.2) is 31.5 Å². The van der Waals surface area contributed by atoms with Crippen molar-refractivity contribution in [3.63, 3.8) is 0 Å². The van der Waals surface area contributed by atoms with Crippen molar-refractivity contribution in [3.8, 4) is 0 Å². The highest BCUT2D eigenvalue weighted by Gasteiger charge is 2.57. The summed E-state index contributed by atoms with van der Waals surface area (Å²) in [6.45, 7) is 2.25. The van der Waals surface area contributed by atoms with E-state index in [0.717, 1.165) is 11.8 Å². The number of rotatable bonds is 6. The normalized spacial score (nSPS) is 23.2. The van der Waals surface area contributed by atoms with Crippen LogP contribution >= 0.6 is 0 Å². The fourth-order valence-electron chi connectivity index (χ4n) is 3.37. The largest absolute Gasteiger partial charge is 0.367 e. The molecular formula is C17H21N5O4. The van der Waals surface area contributed by atoms with Crippen LogP contribution in [0.5, 0.6) is 0 Å². The third-order valence-corrected chi connectivity index (χ3v) is 4.78. The molecule has 1 amide bonds. The monoisotopic (exact) mass is 359 g/mol. The van der Waals surface area contributed by atoms with Crippen LogP contribution in [0.25, 0.3) is 0 Å². The quantitative estimate of drug-likeness (QED) is 0.619. The van der Waals surface area contributed by atoms with Crippen LogP contribution < -0.4 is 5.73 Å². The Morgan fingerprint density at radius 3 is 2.69 bits per heavy atom. The van der Waals surface area contributed by atoms with Crippen molar-refractivity contribution < 1.29 is 14.6 Å². The molecule has 0 saturated carbocycles. The van der Waals surface area contributed by atoms with Gasteiger partial charge in [0.05, 0.1) is 19.7 Å². The van der Waals surface area contributed by atoms with Crippen LogP contribution in [0.4, 0.5) is 5.82 Å². The van der Waals surface area contributed by atoms with Gasteiger partial charge in [0.25, 0.3) is 5.91 Å². The highest BCUT2D eigenvalue weighted by molar-refractivity contribution is 5.85. The summed E-state index contributed by atoms with van der Waals surface area (Å²) in [4.78, 5) is 33.4. The fraction of sp³-hybridized carbons (Fsp3) is 0.412. The lowest BCUT2D eigenvalue weighted by molar-refractivity contribution is -0.392. The van der Waals surface area contributed by atoms with Gasteiger partial charge >= 0.3 is 5.82 Å². The van der Waals surface area contributed by atoms with E-state index in [1.165, 1.54) is 16.7 Å². The first-order valence-corrected chi connectivity index (χ1v) is 8.35. The first kappa shape index (κ1) is 18.0. The van der Waals surface area contributed by atoms with Gasteiger partial charge in [0.15, 0.2) is 0 Å². The van der Waals surface area contributed by atoms with Gasteiger partial charge in [0.2, 0.25) is 11.4 Å². The maximum absolute atomic E-state index is 12.6. The zero-order chi connectivity index (χ0) is 18.9. The molecule has 1 saturated heterocycles. The van der Waals surface area contributed by atoms with Gasteiger partial charge in [0, 0.05) is 6.42 Å². The molecule has 1 fully saturated rings. The Labute approximate surface area is 150 Å². The second kappa shape index (κ2) is 6.85. The average Bonchev–Trinajstić information content (AvgIpc) is 3.17. The molecule has 3 rings (SSSR count). The third-order valence-electron chi connectivity index (χ3n) is 4.78. The summed E-state index contributed by atoms with van der Waals surface area (Å²) in [5, 5.41) is 12.7. The van der Waals surface area contributed by atoms with Gasteiger partial charge in [-0.25, -0.2) is 9.55 Å². The van der Waals surface area contributed by atoms with Crippen LogP contribution in [0, 0.1) is 10.1 Å². The van der Waals surface area contributed by atoms with Gasteiger partial charge in [-0.05, 0) is 16.9 Å². The number of hydrogen-bond acceptors (Lipinski definition) is 6. The van der Waals surface area contributed by atoms with Crippen molar-refractivity contribution in [2.24, 2.45) is 12.8 Å². The predicted octanol–water partition coefficient (Wildman–Crippen LogP) is 1.62. The summed E-state index contributed by atoms with van der Waals surface area (Å²) >= 11 is 0. The molecule has 2 heterocycles. The molecule has 0 bridgehead atoms. The minimum absolute atomic E-state index is 0.208. The van der Waals surface area contributed by atoms with Gasteiger partial charge in [-0.3, -0.25) is 9.63 Å². The van der Waals surface area contributed by atoms with E-state index in [-0.39, 0.29) is 24.2 Å². The average molecular weight is 359 g/mol. The summed E-state index contributed by atoms with van der Waals surface area (Å²) in [5.41, 5.74) is 5.35. The topological polar surface area (TPSA) is 117 Å². The minimum Gasteiger partial charge on any atom is -0.367 e. The maximum atomic E-state index is 12.6. The summed E-state index contributed by atoms with van der Waals surface area (Å²) in [6, 6.07) is 9.50. The SMILES string of the molecule is CCC1CC(C(N)=O)(c2ncc([N+](=O)[O-])n2C)N(Cc2ccccc2)O1. The van der Waals surface area contributed by atoms with Crippen molar-refractivity contribution in [2.75, 3.05) is 0 Å². The Balaban J connectivity index is 2.09. The fourth-order valence-corrected chi connectivity index (χ4v) is 3.37. The van der Waals surface area contributed by atoms with Gasteiger partial charge in [0.1, 0.15) is 6.20 Å². The molecule has 0 spiro atoms. The minimum atomic E-state index is -1.38. The number of carbonyl (C=O) groups excluding carboxylic acids is 1. The van der Waals surface area contributed by atoms with E-state index in [2.05, 4.69) is 4.98 Å². The summed E-state index contributed by atoms with van der Waals surface area (Å²) < 4.78 is 1.30. The molecule has 2 aromatic rings. The first-order chi connectivity index (χ1) is 12.4. The smallest absolute Gasteiger partial charge is 0.342 e. The van der Waals surface area contributed by atoms with E-state index in [9.17, 15) is 14.9 Å². The van der Waals surface area contributed by atoms with E-state index in [4.69, 9.17) is 10.6 Å². The molecule has 2 unspecified atom stereocenters. The van der Waals surface area contributed by atoms with Crippen LogP contribution in [0.3, 0.4) is 0 Å². The van der Waals surface area contributed by atoms with E-state index in [1.54, 1.807) is 0 Å².